The molecular formula is C13H15BrN2O. The summed E-state index contributed by atoms with van der Waals surface area (Å²) in [7, 11) is 0. The number of aryl methyl sites for hydroxylation is 1. The standard InChI is InChI=1S/C13H15BrN2O/c1-4-7-15-13(17)10(3)16-11-6-5-9(2)12(14)8-11/h1,5-6,8,10,16H,7H2,2-3H3,(H,15,17). The summed E-state index contributed by atoms with van der Waals surface area (Å²) in [5, 5.41) is 5.74. The maximum absolute atomic E-state index is 11.6. The Bertz CT molecular complexity index is 451. The van der Waals surface area contributed by atoms with Gasteiger partial charge in [-0.05, 0) is 31.5 Å². The Morgan fingerprint density at radius 3 is 2.88 bits per heavy atom. The van der Waals surface area contributed by atoms with Gasteiger partial charge in [0.2, 0.25) is 5.91 Å². The highest BCUT2D eigenvalue weighted by Gasteiger charge is 2.11. The molecule has 17 heavy (non-hydrogen) atoms. The van der Waals surface area contributed by atoms with Gasteiger partial charge in [0.1, 0.15) is 6.04 Å². The number of amides is 1. The van der Waals surface area contributed by atoms with Gasteiger partial charge in [-0.3, -0.25) is 4.79 Å². The SMILES string of the molecule is C#CCNC(=O)C(C)Nc1ccc(C)c(Br)c1. The van der Waals surface area contributed by atoms with Gasteiger partial charge < -0.3 is 10.6 Å². The summed E-state index contributed by atoms with van der Waals surface area (Å²) in [4.78, 5) is 11.6. The molecule has 1 aromatic rings. The smallest absolute Gasteiger partial charge is 0.242 e. The molecule has 0 aliphatic rings. The third-order valence-electron chi connectivity index (χ3n) is 2.31. The van der Waals surface area contributed by atoms with Gasteiger partial charge in [-0.15, -0.1) is 6.42 Å². The maximum atomic E-state index is 11.6. The number of halogens is 1. The Labute approximate surface area is 110 Å². The summed E-state index contributed by atoms with van der Waals surface area (Å²) in [6.07, 6.45) is 5.07. The normalized spacial score (nSPS) is 11.4. The minimum atomic E-state index is -0.321. The first kappa shape index (κ1) is 13.6. The molecule has 0 aliphatic carbocycles. The van der Waals surface area contributed by atoms with Crippen molar-refractivity contribution in [1.29, 1.82) is 0 Å². The zero-order chi connectivity index (χ0) is 12.8. The Kier molecular flexibility index (Phi) is 5.05. The third kappa shape index (κ3) is 4.12. The van der Waals surface area contributed by atoms with E-state index in [0.29, 0.717) is 0 Å². The Morgan fingerprint density at radius 1 is 1.59 bits per heavy atom. The van der Waals surface area contributed by atoms with E-state index in [1.807, 2.05) is 25.1 Å². The monoisotopic (exact) mass is 294 g/mol. The van der Waals surface area contributed by atoms with Gasteiger partial charge >= 0.3 is 0 Å². The van der Waals surface area contributed by atoms with Crippen LogP contribution in [0.2, 0.25) is 0 Å². The Balaban J connectivity index is 2.62. The summed E-state index contributed by atoms with van der Waals surface area (Å²) < 4.78 is 1.01. The Morgan fingerprint density at radius 2 is 2.29 bits per heavy atom. The molecule has 1 aromatic carbocycles. The van der Waals surface area contributed by atoms with Crippen molar-refractivity contribution in [2.75, 3.05) is 11.9 Å². The molecule has 3 nitrogen and oxygen atoms in total. The highest BCUT2D eigenvalue weighted by Crippen LogP contribution is 2.20. The zero-order valence-corrected chi connectivity index (χ0v) is 11.5. The fourth-order valence-corrected chi connectivity index (χ4v) is 1.67. The van der Waals surface area contributed by atoms with Crippen molar-refractivity contribution in [3.8, 4) is 12.3 Å². The molecule has 0 radical (unpaired) electrons. The molecule has 0 spiro atoms. The van der Waals surface area contributed by atoms with Gasteiger partial charge in [0, 0.05) is 10.2 Å². The Hall–Kier alpha value is -1.47. The van der Waals surface area contributed by atoms with Crippen LogP contribution in [0.4, 0.5) is 5.69 Å². The van der Waals surface area contributed by atoms with Crippen LogP contribution in [0.1, 0.15) is 12.5 Å². The number of nitrogens with one attached hydrogen (secondary N) is 2. The molecule has 2 N–H and O–H groups in total. The van der Waals surface area contributed by atoms with Crippen molar-refractivity contribution >= 4 is 27.5 Å². The van der Waals surface area contributed by atoms with Gasteiger partial charge in [0.25, 0.3) is 0 Å². The van der Waals surface area contributed by atoms with Crippen molar-refractivity contribution < 1.29 is 4.79 Å². The van der Waals surface area contributed by atoms with Crippen LogP contribution in [0.5, 0.6) is 0 Å². The number of benzene rings is 1. The molecule has 1 unspecified atom stereocenters. The number of anilines is 1. The van der Waals surface area contributed by atoms with E-state index in [-0.39, 0.29) is 18.5 Å². The lowest BCUT2D eigenvalue weighted by molar-refractivity contribution is -0.121. The van der Waals surface area contributed by atoms with Crippen LogP contribution in [0, 0.1) is 19.3 Å². The summed E-state index contributed by atoms with van der Waals surface area (Å²) in [5.41, 5.74) is 2.05. The number of hydrogen-bond acceptors (Lipinski definition) is 2. The third-order valence-corrected chi connectivity index (χ3v) is 3.17. The van der Waals surface area contributed by atoms with E-state index in [1.165, 1.54) is 0 Å². The van der Waals surface area contributed by atoms with E-state index in [4.69, 9.17) is 6.42 Å². The van der Waals surface area contributed by atoms with E-state index in [9.17, 15) is 4.79 Å². The van der Waals surface area contributed by atoms with Gasteiger partial charge in [0.15, 0.2) is 0 Å². The van der Waals surface area contributed by atoms with Crippen molar-refractivity contribution in [3.63, 3.8) is 0 Å². The summed E-state index contributed by atoms with van der Waals surface area (Å²) in [6, 6.07) is 5.54. The molecule has 0 heterocycles. The van der Waals surface area contributed by atoms with Gasteiger partial charge in [0.05, 0.1) is 6.54 Å². The van der Waals surface area contributed by atoms with Crippen LogP contribution in [-0.2, 0) is 4.79 Å². The number of rotatable bonds is 4. The van der Waals surface area contributed by atoms with E-state index in [2.05, 4.69) is 32.5 Å². The number of terminal acetylenes is 1. The molecule has 0 saturated heterocycles. The molecule has 0 aromatic heterocycles. The first-order chi connectivity index (χ1) is 8.04. The number of carbonyl (C=O) groups excluding carboxylic acids is 1. The lowest BCUT2D eigenvalue weighted by atomic mass is 10.2. The van der Waals surface area contributed by atoms with Gasteiger partial charge in [-0.25, -0.2) is 0 Å². The van der Waals surface area contributed by atoms with Crippen LogP contribution < -0.4 is 10.6 Å². The highest BCUT2D eigenvalue weighted by molar-refractivity contribution is 9.10. The quantitative estimate of drug-likeness (QED) is 0.837. The largest absolute Gasteiger partial charge is 0.374 e. The molecule has 4 heteroatoms. The second-order valence-corrected chi connectivity index (χ2v) is 4.61. The fraction of sp³-hybridized carbons (Fsp3) is 0.308. The van der Waals surface area contributed by atoms with Crippen molar-refractivity contribution in [2.45, 2.75) is 19.9 Å². The van der Waals surface area contributed by atoms with E-state index in [0.717, 1.165) is 15.7 Å². The summed E-state index contributed by atoms with van der Waals surface area (Å²) >= 11 is 3.45. The topological polar surface area (TPSA) is 41.1 Å². The summed E-state index contributed by atoms with van der Waals surface area (Å²) in [6.45, 7) is 4.05. The van der Waals surface area contributed by atoms with E-state index < -0.39 is 0 Å². The number of hydrogen-bond donors (Lipinski definition) is 2. The van der Waals surface area contributed by atoms with Gasteiger partial charge in [-0.1, -0.05) is 27.9 Å². The maximum Gasteiger partial charge on any atom is 0.242 e. The lowest BCUT2D eigenvalue weighted by Crippen LogP contribution is -2.37. The number of carbonyl (C=O) groups is 1. The molecule has 1 rings (SSSR count). The van der Waals surface area contributed by atoms with E-state index >= 15 is 0 Å². The molecule has 0 fully saturated rings. The van der Waals surface area contributed by atoms with Crippen LogP contribution in [-0.4, -0.2) is 18.5 Å². The minimum Gasteiger partial charge on any atom is -0.374 e. The predicted octanol–water partition coefficient (Wildman–Crippen LogP) is 2.31. The molecular weight excluding hydrogens is 280 g/mol. The zero-order valence-electron chi connectivity index (χ0n) is 9.88. The molecule has 0 saturated carbocycles. The minimum absolute atomic E-state index is 0.111. The first-order valence-electron chi connectivity index (χ1n) is 5.28. The van der Waals surface area contributed by atoms with Crippen LogP contribution in [0.3, 0.4) is 0 Å². The molecule has 1 amide bonds. The van der Waals surface area contributed by atoms with E-state index in [1.54, 1.807) is 6.92 Å². The van der Waals surface area contributed by atoms with Gasteiger partial charge in [-0.2, -0.15) is 0 Å². The lowest BCUT2D eigenvalue weighted by Gasteiger charge is -2.15. The second-order valence-electron chi connectivity index (χ2n) is 3.75. The average Bonchev–Trinajstić information content (AvgIpc) is 2.30. The van der Waals surface area contributed by atoms with Crippen molar-refractivity contribution in [2.24, 2.45) is 0 Å². The van der Waals surface area contributed by atoms with Crippen molar-refractivity contribution in [1.82, 2.24) is 5.32 Å². The highest BCUT2D eigenvalue weighted by atomic mass is 79.9. The predicted molar refractivity (Wildman–Crippen MR) is 73.8 cm³/mol. The van der Waals surface area contributed by atoms with Crippen LogP contribution in [0.15, 0.2) is 22.7 Å². The van der Waals surface area contributed by atoms with Crippen molar-refractivity contribution in [3.05, 3.63) is 28.2 Å². The van der Waals surface area contributed by atoms with Crippen LogP contribution in [0.25, 0.3) is 0 Å². The molecule has 90 valence electrons. The average molecular weight is 295 g/mol. The second kappa shape index (κ2) is 6.31. The first-order valence-corrected chi connectivity index (χ1v) is 6.07. The summed E-state index contributed by atoms with van der Waals surface area (Å²) in [5.74, 6) is 2.26. The van der Waals surface area contributed by atoms with Crippen LogP contribution >= 0.6 is 15.9 Å². The molecule has 0 aliphatic heterocycles. The fourth-order valence-electron chi connectivity index (χ4n) is 1.29. The molecule has 0 bridgehead atoms. The molecule has 1 atom stereocenters.